The molecule has 0 radical (unpaired) electrons. The van der Waals surface area contributed by atoms with Crippen LogP contribution in [0.2, 0.25) is 0 Å². The first-order valence-corrected chi connectivity index (χ1v) is 29.2. The van der Waals surface area contributed by atoms with E-state index in [0.717, 1.165) is 70.6 Å². The predicted molar refractivity (Wildman–Crippen MR) is 289 cm³/mol. The van der Waals surface area contributed by atoms with Crippen molar-refractivity contribution in [2.24, 2.45) is 0 Å². The number of allylic oxidation sites excluding steroid dienone is 8. The molecule has 0 bridgehead atoms. The summed E-state index contributed by atoms with van der Waals surface area (Å²) in [6.45, 7) is 3.65. The van der Waals surface area contributed by atoms with E-state index >= 15 is 0 Å². The third-order valence-electron chi connectivity index (χ3n) is 13.8. The van der Waals surface area contributed by atoms with Gasteiger partial charge >= 0.3 is 5.97 Å². The normalized spacial score (nSPS) is 25.3. The van der Waals surface area contributed by atoms with Crippen LogP contribution in [0.3, 0.4) is 0 Å². The van der Waals surface area contributed by atoms with E-state index in [0.29, 0.717) is 13.0 Å². The number of hydrogen-bond acceptors (Lipinski definition) is 14. The van der Waals surface area contributed by atoms with Gasteiger partial charge in [0.15, 0.2) is 12.6 Å². The molecule has 73 heavy (non-hydrogen) atoms. The number of hydrogen-bond donors (Lipinski definition) is 7. The van der Waals surface area contributed by atoms with E-state index < -0.39 is 80.7 Å². The van der Waals surface area contributed by atoms with Crippen LogP contribution in [0.5, 0.6) is 0 Å². The van der Waals surface area contributed by atoms with Gasteiger partial charge < -0.3 is 64.2 Å². The summed E-state index contributed by atoms with van der Waals surface area (Å²) in [5, 5.41) is 72.3. The van der Waals surface area contributed by atoms with Crippen molar-refractivity contribution in [3.8, 4) is 0 Å². The van der Waals surface area contributed by atoms with E-state index in [1.54, 1.807) is 0 Å². The van der Waals surface area contributed by atoms with E-state index in [1.165, 1.54) is 122 Å². The van der Waals surface area contributed by atoms with Crippen molar-refractivity contribution in [1.82, 2.24) is 0 Å². The zero-order chi connectivity index (χ0) is 53.0. The van der Waals surface area contributed by atoms with Gasteiger partial charge in [0.2, 0.25) is 0 Å². The minimum Gasteiger partial charge on any atom is -0.457 e. The molecule has 14 heteroatoms. The van der Waals surface area contributed by atoms with Crippen LogP contribution in [0.25, 0.3) is 0 Å². The third-order valence-corrected chi connectivity index (χ3v) is 13.8. The number of carbonyl (C=O) groups excluding carboxylic acids is 1. The highest BCUT2D eigenvalue weighted by molar-refractivity contribution is 5.69. The molecule has 426 valence electrons. The zero-order valence-corrected chi connectivity index (χ0v) is 45.6. The van der Waals surface area contributed by atoms with Gasteiger partial charge in [-0.15, -0.1) is 0 Å². The summed E-state index contributed by atoms with van der Waals surface area (Å²) in [7, 11) is 0. The Morgan fingerprint density at radius 1 is 0.452 bits per heavy atom. The number of carbonyl (C=O) groups is 1. The average Bonchev–Trinajstić information content (AvgIpc) is 3.39. The summed E-state index contributed by atoms with van der Waals surface area (Å²) in [5.74, 6) is -0.389. The summed E-state index contributed by atoms with van der Waals surface area (Å²) < 4.78 is 34.4. The van der Waals surface area contributed by atoms with Gasteiger partial charge in [-0.2, -0.15) is 0 Å². The van der Waals surface area contributed by atoms with Crippen LogP contribution in [-0.2, 0) is 33.2 Å². The molecule has 2 saturated heterocycles. The lowest BCUT2D eigenvalue weighted by Gasteiger charge is -2.42. The topological polar surface area (TPSA) is 214 Å². The van der Waals surface area contributed by atoms with Crippen molar-refractivity contribution in [2.75, 3.05) is 33.0 Å². The Morgan fingerprint density at radius 2 is 0.849 bits per heavy atom. The minimum atomic E-state index is -1.71. The highest BCUT2D eigenvalue weighted by Crippen LogP contribution is 2.27. The Kier molecular flexibility index (Phi) is 42.3. The molecule has 0 amide bonds. The lowest BCUT2D eigenvalue weighted by atomic mass is 9.98. The Labute approximate surface area is 442 Å². The van der Waals surface area contributed by atoms with Crippen LogP contribution >= 0.6 is 0 Å². The maximum absolute atomic E-state index is 13.0. The molecule has 2 aliphatic rings. The van der Waals surface area contributed by atoms with Crippen LogP contribution in [-0.4, -0.2) is 142 Å². The summed E-state index contributed by atoms with van der Waals surface area (Å²) in [4.78, 5) is 13.0. The Balaban J connectivity index is 1.70. The summed E-state index contributed by atoms with van der Waals surface area (Å²) >= 11 is 0. The second kappa shape index (κ2) is 46.1. The van der Waals surface area contributed by atoms with Crippen molar-refractivity contribution in [3.05, 3.63) is 48.6 Å². The fourth-order valence-electron chi connectivity index (χ4n) is 9.05. The van der Waals surface area contributed by atoms with Crippen molar-refractivity contribution < 1.29 is 69.0 Å². The Bertz CT molecular complexity index is 1390. The number of aliphatic hydroxyl groups is 7. The summed E-state index contributed by atoms with van der Waals surface area (Å²) in [5.41, 5.74) is 0. The summed E-state index contributed by atoms with van der Waals surface area (Å²) in [6.07, 6.45) is 38.9. The van der Waals surface area contributed by atoms with Gasteiger partial charge in [-0.05, 0) is 77.0 Å². The molecule has 2 heterocycles. The van der Waals surface area contributed by atoms with E-state index in [2.05, 4.69) is 62.5 Å². The van der Waals surface area contributed by atoms with Gasteiger partial charge in [-0.25, -0.2) is 0 Å². The Morgan fingerprint density at radius 3 is 1.34 bits per heavy atom. The molecule has 0 aromatic rings. The molecule has 0 aliphatic carbocycles. The number of unbranched alkanes of at least 4 members (excludes halogenated alkanes) is 25. The van der Waals surface area contributed by atoms with Gasteiger partial charge in [0.1, 0.15) is 54.9 Å². The van der Waals surface area contributed by atoms with Crippen LogP contribution in [0.4, 0.5) is 0 Å². The van der Waals surface area contributed by atoms with Crippen molar-refractivity contribution in [2.45, 2.75) is 287 Å². The van der Waals surface area contributed by atoms with E-state index in [4.69, 9.17) is 28.4 Å². The SMILES string of the molecule is CCCCC/C=C\C/C=C\CCCCCCCC(=O)OC(COCCCCCCCCCCCCCC/C=C\C/C=C\CCCCCCC)COC1OC(COC2OC(CO)C(O)C(O)C2O)C(O)C(O)C1O. The lowest BCUT2D eigenvalue weighted by Crippen LogP contribution is -2.61. The number of aliphatic hydroxyl groups excluding tert-OH is 7. The first kappa shape index (κ1) is 67.1. The molecule has 14 nitrogen and oxygen atoms in total. The second-order valence-corrected chi connectivity index (χ2v) is 20.5. The van der Waals surface area contributed by atoms with Crippen molar-refractivity contribution in [1.29, 1.82) is 0 Å². The smallest absolute Gasteiger partial charge is 0.306 e. The minimum absolute atomic E-state index is 0.0548. The molecular formula is C59H106O14. The number of rotatable bonds is 47. The standard InChI is InChI=1S/C59H106O14/c1-3-5-7-9-11-13-15-17-19-20-21-22-23-24-25-26-27-29-31-33-35-37-39-41-43-68-45-48(71-51(61)42-40-38-36-34-32-30-28-18-16-14-12-10-8-6-4-2)46-69-58-57(67)55(65)53(63)50(73-58)47-70-59-56(66)54(64)52(62)49(44-60)72-59/h12,14-15,17-18,20-21,28,48-50,52-60,62-67H,3-11,13,16,19,22-27,29-47H2,1-2H3/b14-12-,17-15-,21-20-,28-18-. The maximum Gasteiger partial charge on any atom is 0.306 e. The first-order valence-electron chi connectivity index (χ1n) is 29.2. The van der Waals surface area contributed by atoms with Gasteiger partial charge in [-0.1, -0.05) is 184 Å². The number of ether oxygens (including phenoxy) is 6. The van der Waals surface area contributed by atoms with Gasteiger partial charge in [0, 0.05) is 13.0 Å². The van der Waals surface area contributed by atoms with Crippen molar-refractivity contribution in [3.63, 3.8) is 0 Å². The fraction of sp³-hybridized carbons (Fsp3) is 0.847. The van der Waals surface area contributed by atoms with Gasteiger partial charge in [0.25, 0.3) is 0 Å². The van der Waals surface area contributed by atoms with E-state index in [-0.39, 0.29) is 25.6 Å². The maximum atomic E-state index is 13.0. The average molecular weight is 1040 g/mol. The molecule has 0 aromatic heterocycles. The molecule has 11 atom stereocenters. The molecule has 0 spiro atoms. The molecule has 0 aromatic carbocycles. The summed E-state index contributed by atoms with van der Waals surface area (Å²) in [6, 6.07) is 0. The monoisotopic (exact) mass is 1040 g/mol. The third kappa shape index (κ3) is 33.0. The molecule has 2 aliphatic heterocycles. The van der Waals surface area contributed by atoms with Crippen LogP contribution in [0.1, 0.15) is 219 Å². The highest BCUT2D eigenvalue weighted by Gasteiger charge is 2.47. The zero-order valence-electron chi connectivity index (χ0n) is 45.6. The van der Waals surface area contributed by atoms with E-state index in [1.807, 2.05) is 0 Å². The highest BCUT2D eigenvalue weighted by atomic mass is 16.7. The second-order valence-electron chi connectivity index (χ2n) is 20.5. The molecule has 2 fully saturated rings. The van der Waals surface area contributed by atoms with E-state index in [9.17, 15) is 40.5 Å². The molecule has 2 rings (SSSR count). The van der Waals surface area contributed by atoms with Gasteiger partial charge in [0.05, 0.1) is 26.4 Å². The Hall–Kier alpha value is -2.05. The molecule has 7 N–H and O–H groups in total. The van der Waals surface area contributed by atoms with Crippen molar-refractivity contribution >= 4 is 5.97 Å². The predicted octanol–water partition coefficient (Wildman–Crippen LogP) is 10.3. The van der Waals surface area contributed by atoms with Gasteiger partial charge in [-0.3, -0.25) is 4.79 Å². The largest absolute Gasteiger partial charge is 0.457 e. The number of esters is 1. The quantitative estimate of drug-likeness (QED) is 0.0172. The molecule has 0 saturated carbocycles. The fourth-order valence-corrected chi connectivity index (χ4v) is 9.05. The van der Waals surface area contributed by atoms with Crippen LogP contribution < -0.4 is 0 Å². The van der Waals surface area contributed by atoms with Crippen LogP contribution in [0.15, 0.2) is 48.6 Å². The van der Waals surface area contributed by atoms with Crippen LogP contribution in [0, 0.1) is 0 Å². The first-order chi connectivity index (χ1) is 35.6. The molecular weight excluding hydrogens is 933 g/mol. The lowest BCUT2D eigenvalue weighted by molar-refractivity contribution is -0.332. The molecule has 11 unspecified atom stereocenters.